The molecule has 3 heterocycles. The van der Waals surface area contributed by atoms with Gasteiger partial charge >= 0.3 is 0 Å². The lowest BCUT2D eigenvalue weighted by Crippen LogP contribution is -2.34. The second-order valence-electron chi connectivity index (χ2n) is 7.61. The number of hydrogen-bond donors (Lipinski definition) is 2. The largest absolute Gasteiger partial charge is 0.490 e. The minimum atomic E-state index is -0.344. The number of halogens is 3. The minimum absolute atomic E-state index is 0. The minimum Gasteiger partial charge on any atom is -0.490 e. The van der Waals surface area contributed by atoms with Crippen molar-refractivity contribution in [3.8, 4) is 11.4 Å². The number of aromatic nitrogens is 2. The molecule has 1 aromatic carbocycles. The maximum absolute atomic E-state index is 12.7. The van der Waals surface area contributed by atoms with E-state index >= 15 is 0 Å². The third-order valence-corrected chi connectivity index (χ3v) is 5.79. The van der Waals surface area contributed by atoms with Crippen LogP contribution in [-0.2, 0) is 4.74 Å². The van der Waals surface area contributed by atoms with Gasteiger partial charge in [0.05, 0.1) is 24.2 Å². The molecule has 0 unspecified atom stereocenters. The van der Waals surface area contributed by atoms with Crippen molar-refractivity contribution in [1.29, 1.82) is 0 Å². The van der Waals surface area contributed by atoms with Crippen molar-refractivity contribution >= 4 is 42.1 Å². The molecule has 2 fully saturated rings. The van der Waals surface area contributed by atoms with Crippen molar-refractivity contribution in [3.05, 3.63) is 45.8 Å². The fourth-order valence-corrected chi connectivity index (χ4v) is 3.93. The molecule has 2 aliphatic rings. The molecular weight excluding hydrogens is 463 g/mol. The lowest BCUT2D eigenvalue weighted by atomic mass is 10.0. The highest BCUT2D eigenvalue weighted by Crippen LogP contribution is 2.21. The zero-order chi connectivity index (χ0) is 20.1. The zero-order valence-electron chi connectivity index (χ0n) is 17.2. The summed E-state index contributed by atoms with van der Waals surface area (Å²) in [4.78, 5) is 12.7. The predicted octanol–water partition coefficient (Wildman–Crippen LogP) is 3.70. The van der Waals surface area contributed by atoms with E-state index in [0.29, 0.717) is 23.8 Å². The van der Waals surface area contributed by atoms with Crippen LogP contribution in [0.25, 0.3) is 5.69 Å². The van der Waals surface area contributed by atoms with Crippen molar-refractivity contribution < 1.29 is 9.47 Å². The van der Waals surface area contributed by atoms with E-state index in [1.165, 1.54) is 4.68 Å². The molecule has 7 nitrogen and oxygen atoms in total. The average Bonchev–Trinajstić information content (AvgIpc) is 2.77. The summed E-state index contributed by atoms with van der Waals surface area (Å²) < 4.78 is 12.8. The number of nitrogens with one attached hydrogen (secondary N) is 2. The van der Waals surface area contributed by atoms with Crippen LogP contribution >= 0.6 is 36.4 Å². The van der Waals surface area contributed by atoms with Gasteiger partial charge in [0.2, 0.25) is 0 Å². The molecular formula is C21H29Cl3N4O3. The van der Waals surface area contributed by atoms with Crippen LogP contribution < -0.4 is 20.9 Å². The van der Waals surface area contributed by atoms with Crippen LogP contribution in [0.4, 0.5) is 5.69 Å². The SMILES string of the molecule is Cl.Cl.O=c1c(Cl)c(NC[C@@H]2CCCOC2)cnn1-c1ccc(OC2CCNCC2)cc1. The van der Waals surface area contributed by atoms with Crippen molar-refractivity contribution in [2.75, 3.05) is 38.2 Å². The highest BCUT2D eigenvalue weighted by molar-refractivity contribution is 6.32. The van der Waals surface area contributed by atoms with Crippen molar-refractivity contribution in [2.24, 2.45) is 5.92 Å². The van der Waals surface area contributed by atoms with E-state index < -0.39 is 0 Å². The highest BCUT2D eigenvalue weighted by Gasteiger charge is 2.17. The maximum atomic E-state index is 12.7. The Bertz CT molecular complexity index is 867. The summed E-state index contributed by atoms with van der Waals surface area (Å²) in [7, 11) is 0. The molecule has 1 aromatic heterocycles. The van der Waals surface area contributed by atoms with Gasteiger partial charge in [0.15, 0.2) is 0 Å². The van der Waals surface area contributed by atoms with Crippen LogP contribution in [0.5, 0.6) is 5.75 Å². The second kappa shape index (κ2) is 12.5. The van der Waals surface area contributed by atoms with Gasteiger partial charge in [-0.3, -0.25) is 4.79 Å². The first kappa shape index (κ1) is 25.7. The van der Waals surface area contributed by atoms with E-state index in [-0.39, 0.29) is 41.5 Å². The van der Waals surface area contributed by atoms with Gasteiger partial charge in [-0.2, -0.15) is 9.78 Å². The molecule has 2 aromatic rings. The number of anilines is 1. The molecule has 0 amide bonds. The van der Waals surface area contributed by atoms with Crippen molar-refractivity contribution in [3.63, 3.8) is 0 Å². The smallest absolute Gasteiger partial charge is 0.292 e. The molecule has 0 spiro atoms. The summed E-state index contributed by atoms with van der Waals surface area (Å²) in [5.41, 5.74) is 0.870. The topological polar surface area (TPSA) is 77.4 Å². The molecule has 31 heavy (non-hydrogen) atoms. The number of nitrogens with zero attached hydrogens (tertiary/aromatic N) is 2. The molecule has 2 N–H and O–H groups in total. The Morgan fingerprint density at radius 1 is 1.19 bits per heavy atom. The monoisotopic (exact) mass is 490 g/mol. The van der Waals surface area contributed by atoms with Gasteiger partial charge < -0.3 is 20.1 Å². The standard InChI is InChI=1S/C21H27ClN4O3.2ClH/c22-20-19(24-12-15-2-1-11-28-14-15)13-25-26(21(20)27)16-3-5-17(6-4-16)29-18-7-9-23-10-8-18;;/h3-6,13,15,18,23-24H,1-2,7-12,14H2;2*1H/t15-;;/m0../s1. The Morgan fingerprint density at radius 3 is 2.61 bits per heavy atom. The second-order valence-corrected chi connectivity index (χ2v) is 7.99. The fourth-order valence-electron chi connectivity index (χ4n) is 3.73. The molecule has 4 rings (SSSR count). The van der Waals surface area contributed by atoms with Crippen molar-refractivity contribution in [1.82, 2.24) is 15.1 Å². The summed E-state index contributed by atoms with van der Waals surface area (Å²) in [6.07, 6.45) is 6.02. The third-order valence-electron chi connectivity index (χ3n) is 5.42. The summed E-state index contributed by atoms with van der Waals surface area (Å²) in [6.45, 7) is 4.24. The molecule has 0 saturated carbocycles. The van der Waals surface area contributed by atoms with Gasteiger partial charge in [0, 0.05) is 13.2 Å². The van der Waals surface area contributed by atoms with Crippen LogP contribution in [0.1, 0.15) is 25.7 Å². The number of piperidine rings is 1. The molecule has 10 heteroatoms. The van der Waals surface area contributed by atoms with Gasteiger partial charge in [0.1, 0.15) is 16.9 Å². The highest BCUT2D eigenvalue weighted by atomic mass is 35.5. The average molecular weight is 492 g/mol. The van der Waals surface area contributed by atoms with E-state index in [9.17, 15) is 4.79 Å². The van der Waals surface area contributed by atoms with Crippen LogP contribution in [0.3, 0.4) is 0 Å². The van der Waals surface area contributed by atoms with Crippen LogP contribution in [0, 0.1) is 5.92 Å². The van der Waals surface area contributed by atoms with Gasteiger partial charge in [-0.15, -0.1) is 24.8 Å². The first-order chi connectivity index (χ1) is 14.2. The van der Waals surface area contributed by atoms with E-state index in [0.717, 1.165) is 57.7 Å². The lowest BCUT2D eigenvalue weighted by molar-refractivity contribution is 0.0595. The first-order valence-corrected chi connectivity index (χ1v) is 10.7. The van der Waals surface area contributed by atoms with E-state index in [4.69, 9.17) is 21.1 Å². The molecule has 0 bridgehead atoms. The number of ether oxygens (including phenoxy) is 2. The van der Waals surface area contributed by atoms with Gasteiger partial charge in [-0.1, -0.05) is 11.6 Å². The lowest BCUT2D eigenvalue weighted by Gasteiger charge is -2.24. The van der Waals surface area contributed by atoms with Crippen molar-refractivity contribution in [2.45, 2.75) is 31.8 Å². The van der Waals surface area contributed by atoms with E-state index in [2.05, 4.69) is 15.7 Å². The van der Waals surface area contributed by atoms with E-state index in [1.54, 1.807) is 6.20 Å². The normalized spacial score (nSPS) is 19.1. The summed E-state index contributed by atoms with van der Waals surface area (Å²) in [5.74, 6) is 1.22. The number of hydrogen-bond acceptors (Lipinski definition) is 6. The maximum Gasteiger partial charge on any atom is 0.292 e. The zero-order valence-corrected chi connectivity index (χ0v) is 19.6. The molecule has 172 valence electrons. The van der Waals surface area contributed by atoms with E-state index in [1.807, 2.05) is 24.3 Å². The quantitative estimate of drug-likeness (QED) is 0.642. The van der Waals surface area contributed by atoms with Gasteiger partial charge in [-0.25, -0.2) is 0 Å². The van der Waals surface area contributed by atoms with Crippen LogP contribution in [-0.4, -0.2) is 48.7 Å². The Morgan fingerprint density at radius 2 is 1.94 bits per heavy atom. The molecule has 1 atom stereocenters. The Balaban J connectivity index is 0.00000171. The van der Waals surface area contributed by atoms with Crippen LogP contribution in [0.2, 0.25) is 5.02 Å². The summed E-state index contributed by atoms with van der Waals surface area (Å²) >= 11 is 6.33. The van der Waals surface area contributed by atoms with Crippen LogP contribution in [0.15, 0.2) is 35.3 Å². The molecule has 2 aliphatic heterocycles. The number of rotatable bonds is 6. The predicted molar refractivity (Wildman–Crippen MR) is 128 cm³/mol. The Labute approximate surface area is 199 Å². The molecule has 0 aliphatic carbocycles. The summed E-state index contributed by atoms with van der Waals surface area (Å²) in [5, 5.41) is 11.0. The number of benzene rings is 1. The Kier molecular flexibility index (Phi) is 10.4. The summed E-state index contributed by atoms with van der Waals surface area (Å²) in [6, 6.07) is 7.39. The third kappa shape index (κ3) is 6.73. The van der Waals surface area contributed by atoms with Gasteiger partial charge in [-0.05, 0) is 69.0 Å². The first-order valence-electron chi connectivity index (χ1n) is 10.3. The van der Waals surface area contributed by atoms with Gasteiger partial charge in [0.25, 0.3) is 5.56 Å². The molecule has 0 radical (unpaired) electrons. The fraction of sp³-hybridized carbons (Fsp3) is 0.524. The molecule has 2 saturated heterocycles. The Hall–Kier alpha value is -1.51.